The summed E-state index contributed by atoms with van der Waals surface area (Å²) in [5.41, 5.74) is 0. The summed E-state index contributed by atoms with van der Waals surface area (Å²) in [5.74, 6) is -0.247. The quantitative estimate of drug-likeness (QED) is 0.403. The Hall–Kier alpha value is -1.36. The summed E-state index contributed by atoms with van der Waals surface area (Å²) in [7, 11) is 0. The number of hydrogen-bond donors (Lipinski definition) is 1. The van der Waals surface area contributed by atoms with Gasteiger partial charge in [0.1, 0.15) is 19.0 Å². The first-order valence-electron chi connectivity index (χ1n) is 5.58. The molecule has 0 unspecified atom stereocenters. The fourth-order valence-corrected chi connectivity index (χ4v) is 1.18. The van der Waals surface area contributed by atoms with Crippen molar-refractivity contribution in [3.63, 3.8) is 0 Å². The van der Waals surface area contributed by atoms with E-state index >= 15 is 0 Å². The summed E-state index contributed by atoms with van der Waals surface area (Å²) in [5, 5.41) is 0. The number of carbonyl (C=O) groups excluding carboxylic acids is 1. The van der Waals surface area contributed by atoms with Crippen molar-refractivity contribution in [2.75, 3.05) is 19.8 Å². The molecule has 0 aliphatic rings. The molecule has 0 fully saturated rings. The molecule has 1 aromatic rings. The summed E-state index contributed by atoms with van der Waals surface area (Å²) in [6.07, 6.45) is 7.40. The molecule has 0 aliphatic heterocycles. The molecule has 5 heteroatoms. The predicted octanol–water partition coefficient (Wildman–Crippen LogP) is 0.662. The Kier molecular flexibility index (Phi) is 6.25. The van der Waals surface area contributed by atoms with E-state index in [0.717, 1.165) is 19.4 Å². The molecule has 0 radical (unpaired) electrons. The molecule has 0 amide bonds. The Morgan fingerprint density at radius 1 is 1.38 bits per heavy atom. The Morgan fingerprint density at radius 3 is 2.94 bits per heavy atom. The van der Waals surface area contributed by atoms with Gasteiger partial charge in [-0.25, -0.2) is 9.36 Å². The molecule has 0 spiro atoms. The van der Waals surface area contributed by atoms with Crippen molar-refractivity contribution in [2.45, 2.75) is 26.3 Å². The molecular formula is C11H19N2O3+. The summed E-state index contributed by atoms with van der Waals surface area (Å²) in [4.78, 5) is 14.1. The lowest BCUT2D eigenvalue weighted by molar-refractivity contribution is -0.684. The molecule has 0 atom stereocenters. The highest BCUT2D eigenvalue weighted by molar-refractivity contribution is 5.67. The number of nitrogens with zero attached hydrogens (tertiary/aromatic N) is 1. The lowest BCUT2D eigenvalue weighted by Gasteiger charge is -2.04. The van der Waals surface area contributed by atoms with Gasteiger partial charge in [0.25, 0.3) is 0 Å². The van der Waals surface area contributed by atoms with Crippen LogP contribution in [0.5, 0.6) is 0 Å². The molecule has 1 heterocycles. The number of hydrogen-bond acceptors (Lipinski definition) is 3. The number of esters is 1. The number of aromatic amines is 1. The van der Waals surface area contributed by atoms with Crippen LogP contribution in [0.2, 0.25) is 0 Å². The van der Waals surface area contributed by atoms with Crippen molar-refractivity contribution in [1.82, 2.24) is 4.98 Å². The third-order valence-electron chi connectivity index (χ3n) is 2.05. The maximum Gasteiger partial charge on any atom is 0.348 e. The van der Waals surface area contributed by atoms with E-state index in [0.29, 0.717) is 13.2 Å². The number of imidazole rings is 1. The van der Waals surface area contributed by atoms with Gasteiger partial charge in [-0.2, -0.15) is 0 Å². The molecule has 90 valence electrons. The number of aromatic nitrogens is 2. The molecule has 0 bridgehead atoms. The Bertz CT molecular complexity index is 285. The van der Waals surface area contributed by atoms with E-state index in [1.807, 2.05) is 0 Å². The Balaban J connectivity index is 1.98. The first kappa shape index (κ1) is 12.7. The van der Waals surface area contributed by atoms with E-state index in [9.17, 15) is 4.79 Å². The number of ether oxygens (including phenoxy) is 2. The molecule has 1 rings (SSSR count). The highest BCUT2D eigenvalue weighted by Crippen LogP contribution is 1.88. The van der Waals surface area contributed by atoms with Crippen molar-refractivity contribution in [1.29, 1.82) is 0 Å². The van der Waals surface area contributed by atoms with Crippen LogP contribution in [-0.2, 0) is 20.8 Å². The van der Waals surface area contributed by atoms with Crippen LogP contribution < -0.4 is 4.57 Å². The zero-order valence-corrected chi connectivity index (χ0v) is 9.65. The van der Waals surface area contributed by atoms with Crippen LogP contribution in [0, 0.1) is 0 Å². The molecular weight excluding hydrogens is 208 g/mol. The van der Waals surface area contributed by atoms with E-state index in [4.69, 9.17) is 9.47 Å². The Morgan fingerprint density at radius 2 is 2.25 bits per heavy atom. The highest BCUT2D eigenvalue weighted by atomic mass is 16.6. The smallest absolute Gasteiger partial charge is 0.348 e. The minimum atomic E-state index is -0.247. The number of rotatable bonds is 8. The van der Waals surface area contributed by atoms with Gasteiger partial charge in [0.05, 0.1) is 6.61 Å². The van der Waals surface area contributed by atoms with Gasteiger partial charge >= 0.3 is 5.97 Å². The van der Waals surface area contributed by atoms with Gasteiger partial charge in [-0.15, -0.1) is 0 Å². The van der Waals surface area contributed by atoms with Crippen molar-refractivity contribution < 1.29 is 18.8 Å². The molecule has 1 N–H and O–H groups in total. The van der Waals surface area contributed by atoms with E-state index in [1.165, 1.54) is 0 Å². The van der Waals surface area contributed by atoms with Crippen LogP contribution >= 0.6 is 0 Å². The van der Waals surface area contributed by atoms with Gasteiger partial charge in [0.2, 0.25) is 6.33 Å². The molecule has 0 saturated carbocycles. The van der Waals surface area contributed by atoms with Crippen LogP contribution in [0.15, 0.2) is 18.7 Å². The lowest BCUT2D eigenvalue weighted by atomic mass is 10.4. The van der Waals surface area contributed by atoms with Crippen LogP contribution in [0.25, 0.3) is 0 Å². The lowest BCUT2D eigenvalue weighted by Crippen LogP contribution is -2.36. The van der Waals surface area contributed by atoms with Gasteiger partial charge in [-0.3, -0.25) is 4.98 Å². The second kappa shape index (κ2) is 7.87. The van der Waals surface area contributed by atoms with Gasteiger partial charge in [-0.1, -0.05) is 13.3 Å². The van der Waals surface area contributed by atoms with Gasteiger partial charge in [0, 0.05) is 6.61 Å². The second-order valence-electron chi connectivity index (χ2n) is 3.47. The van der Waals surface area contributed by atoms with E-state index in [2.05, 4.69) is 11.9 Å². The second-order valence-corrected chi connectivity index (χ2v) is 3.47. The highest BCUT2D eigenvalue weighted by Gasteiger charge is 2.07. The first-order chi connectivity index (χ1) is 7.83. The predicted molar refractivity (Wildman–Crippen MR) is 57.7 cm³/mol. The third-order valence-corrected chi connectivity index (χ3v) is 2.05. The first-order valence-corrected chi connectivity index (χ1v) is 5.58. The maximum atomic E-state index is 11.3. The van der Waals surface area contributed by atoms with Crippen molar-refractivity contribution >= 4 is 5.97 Å². The normalized spacial score (nSPS) is 10.3. The van der Waals surface area contributed by atoms with Crippen LogP contribution in [0.4, 0.5) is 0 Å². The maximum absolute atomic E-state index is 11.3. The number of unbranched alkanes of at least 4 members (excludes halogenated alkanes) is 1. The molecule has 0 aliphatic carbocycles. The molecule has 1 aromatic heterocycles. The van der Waals surface area contributed by atoms with Gasteiger partial charge in [0.15, 0.2) is 6.54 Å². The van der Waals surface area contributed by atoms with Crippen molar-refractivity contribution in [3.05, 3.63) is 18.7 Å². The summed E-state index contributed by atoms with van der Waals surface area (Å²) in [6, 6.07) is 0. The summed E-state index contributed by atoms with van der Waals surface area (Å²) in [6.45, 7) is 3.88. The van der Waals surface area contributed by atoms with Crippen LogP contribution in [0.1, 0.15) is 19.8 Å². The van der Waals surface area contributed by atoms with Crippen molar-refractivity contribution in [2.24, 2.45) is 0 Å². The largest absolute Gasteiger partial charge is 0.460 e. The van der Waals surface area contributed by atoms with Crippen molar-refractivity contribution in [3.8, 4) is 0 Å². The summed E-state index contributed by atoms with van der Waals surface area (Å²) < 4.78 is 12.0. The molecule has 0 saturated heterocycles. The third kappa shape index (κ3) is 5.50. The zero-order valence-electron chi connectivity index (χ0n) is 9.65. The standard InChI is InChI=1S/C11H18N2O3/c1-2-3-6-15-7-8-16-11(14)9-13-5-4-12-10-13/h4-5,10H,2-3,6-9H2,1H3/p+1. The van der Waals surface area contributed by atoms with E-state index in [-0.39, 0.29) is 12.5 Å². The van der Waals surface area contributed by atoms with E-state index in [1.54, 1.807) is 23.3 Å². The molecule has 16 heavy (non-hydrogen) atoms. The summed E-state index contributed by atoms with van der Waals surface area (Å²) >= 11 is 0. The average Bonchev–Trinajstić information content (AvgIpc) is 2.76. The number of carbonyl (C=O) groups is 1. The zero-order chi connectivity index (χ0) is 11.6. The van der Waals surface area contributed by atoms with Crippen LogP contribution in [0.3, 0.4) is 0 Å². The van der Waals surface area contributed by atoms with Gasteiger partial charge < -0.3 is 9.47 Å². The SMILES string of the molecule is CCCCOCCOC(=O)C[n+]1cc[nH]c1. The number of H-pyrrole nitrogens is 1. The minimum Gasteiger partial charge on any atom is -0.460 e. The fraction of sp³-hybridized carbons (Fsp3) is 0.636. The van der Waals surface area contributed by atoms with Gasteiger partial charge in [-0.05, 0) is 6.42 Å². The fourth-order valence-electron chi connectivity index (χ4n) is 1.18. The molecule has 0 aromatic carbocycles. The Labute approximate surface area is 95.4 Å². The topological polar surface area (TPSA) is 55.2 Å². The molecule has 5 nitrogen and oxygen atoms in total. The van der Waals surface area contributed by atoms with E-state index < -0.39 is 0 Å². The minimum absolute atomic E-state index is 0.235. The van der Waals surface area contributed by atoms with Crippen LogP contribution in [-0.4, -0.2) is 30.8 Å². The number of nitrogens with one attached hydrogen (secondary N) is 1. The monoisotopic (exact) mass is 227 g/mol. The average molecular weight is 227 g/mol.